The van der Waals surface area contributed by atoms with Crippen molar-refractivity contribution in [3.8, 4) is 0 Å². The van der Waals surface area contributed by atoms with Crippen LogP contribution in [0, 0.1) is 0 Å². The van der Waals surface area contributed by atoms with Crippen molar-refractivity contribution in [3.05, 3.63) is 0 Å². The van der Waals surface area contributed by atoms with Crippen molar-refractivity contribution >= 4 is 0 Å². The Morgan fingerprint density at radius 3 is 2.50 bits per heavy atom. The lowest BCUT2D eigenvalue weighted by molar-refractivity contribution is 0.158. The normalized spacial score (nSPS) is 21.8. The van der Waals surface area contributed by atoms with Crippen LogP contribution in [-0.2, 0) is 0 Å². The molecule has 0 bridgehead atoms. The minimum absolute atomic E-state index is 0.633. The van der Waals surface area contributed by atoms with E-state index in [4.69, 9.17) is 0 Å². The average Bonchev–Trinajstić information content (AvgIpc) is 2.29. The number of hydrogen-bond donors (Lipinski definition) is 1. The minimum atomic E-state index is 0.633. The monoisotopic (exact) mass is 228 g/mol. The summed E-state index contributed by atoms with van der Waals surface area (Å²) in [5, 5.41) is 3.47. The van der Waals surface area contributed by atoms with Gasteiger partial charge in [0, 0.05) is 12.1 Å². The molecular weight excluding hydrogens is 196 g/mol. The maximum absolute atomic E-state index is 3.47. The molecule has 1 unspecified atom stereocenters. The molecule has 0 amide bonds. The third-order valence-electron chi connectivity index (χ3n) is 3.12. The summed E-state index contributed by atoms with van der Waals surface area (Å²) in [7, 11) is 0. The molecule has 0 spiro atoms. The highest BCUT2D eigenvalue weighted by molar-refractivity contribution is 4.73. The van der Waals surface area contributed by atoms with Gasteiger partial charge in [0.05, 0.1) is 0 Å². The maximum atomic E-state index is 3.47. The molecular formula is C14H32N2. The second-order valence-corrected chi connectivity index (χ2v) is 4.84. The Morgan fingerprint density at radius 2 is 1.94 bits per heavy atom. The number of piperidine rings is 1. The molecule has 1 aliphatic rings. The van der Waals surface area contributed by atoms with E-state index in [-0.39, 0.29) is 0 Å². The van der Waals surface area contributed by atoms with Gasteiger partial charge >= 0.3 is 0 Å². The van der Waals surface area contributed by atoms with Crippen LogP contribution < -0.4 is 5.32 Å². The summed E-state index contributed by atoms with van der Waals surface area (Å²) in [6, 6.07) is 1.46. The summed E-state index contributed by atoms with van der Waals surface area (Å²) in [5.41, 5.74) is 0. The molecule has 0 aromatic carbocycles. The molecule has 0 aromatic heterocycles. The zero-order valence-electron chi connectivity index (χ0n) is 12.1. The molecule has 1 N–H and O–H groups in total. The molecule has 1 saturated heterocycles. The van der Waals surface area contributed by atoms with Gasteiger partial charge < -0.3 is 10.2 Å². The van der Waals surface area contributed by atoms with Crippen molar-refractivity contribution < 1.29 is 0 Å². The van der Waals surface area contributed by atoms with Crippen LogP contribution in [-0.4, -0.2) is 36.6 Å². The van der Waals surface area contributed by atoms with Crippen molar-refractivity contribution in [1.29, 1.82) is 0 Å². The average molecular weight is 228 g/mol. The summed E-state index contributed by atoms with van der Waals surface area (Å²) in [6.07, 6.45) is 5.53. The van der Waals surface area contributed by atoms with E-state index in [2.05, 4.69) is 31.0 Å². The van der Waals surface area contributed by atoms with Crippen molar-refractivity contribution in [2.24, 2.45) is 0 Å². The first kappa shape index (κ1) is 15.9. The number of nitrogens with one attached hydrogen (secondary N) is 1. The summed E-state index contributed by atoms with van der Waals surface area (Å²) in [5.74, 6) is 0. The molecule has 1 atom stereocenters. The lowest BCUT2D eigenvalue weighted by atomic mass is 10.0. The minimum Gasteiger partial charge on any atom is -0.314 e. The second-order valence-electron chi connectivity index (χ2n) is 4.84. The fraction of sp³-hybridized carbons (Fsp3) is 1.00. The zero-order valence-corrected chi connectivity index (χ0v) is 12.1. The van der Waals surface area contributed by atoms with Gasteiger partial charge in [-0.05, 0) is 45.8 Å². The van der Waals surface area contributed by atoms with E-state index >= 15 is 0 Å². The molecule has 0 radical (unpaired) electrons. The zero-order chi connectivity index (χ0) is 12.4. The van der Waals surface area contributed by atoms with Crippen molar-refractivity contribution in [2.45, 2.75) is 72.4 Å². The van der Waals surface area contributed by atoms with Crippen LogP contribution in [0.4, 0.5) is 0 Å². The van der Waals surface area contributed by atoms with Crippen molar-refractivity contribution in [1.82, 2.24) is 10.2 Å². The van der Waals surface area contributed by atoms with Gasteiger partial charge in [0.1, 0.15) is 0 Å². The summed E-state index contributed by atoms with van der Waals surface area (Å²) >= 11 is 0. The van der Waals surface area contributed by atoms with Gasteiger partial charge in [-0.15, -0.1) is 0 Å². The highest BCUT2D eigenvalue weighted by Gasteiger charge is 2.16. The standard InChI is InChI=1S/C12H26N2.C2H6/c1-11(2)13-8-6-10-14-9-5-4-7-12(14)3;1-2/h11-13H,4-10H2,1-3H3;1-2H3. The Bertz CT molecular complexity index is 146. The molecule has 0 aliphatic carbocycles. The molecule has 1 aliphatic heterocycles. The van der Waals surface area contributed by atoms with E-state index in [9.17, 15) is 0 Å². The van der Waals surface area contributed by atoms with Gasteiger partial charge in [-0.3, -0.25) is 0 Å². The quantitative estimate of drug-likeness (QED) is 0.727. The Labute approximate surface area is 103 Å². The summed E-state index contributed by atoms with van der Waals surface area (Å²) in [4.78, 5) is 2.64. The Morgan fingerprint density at radius 1 is 1.25 bits per heavy atom. The van der Waals surface area contributed by atoms with Crippen LogP contribution in [0.2, 0.25) is 0 Å². The van der Waals surface area contributed by atoms with E-state index in [1.54, 1.807) is 0 Å². The van der Waals surface area contributed by atoms with Gasteiger partial charge in [0.2, 0.25) is 0 Å². The van der Waals surface area contributed by atoms with E-state index in [1.165, 1.54) is 45.3 Å². The van der Waals surface area contributed by atoms with E-state index in [0.29, 0.717) is 6.04 Å². The van der Waals surface area contributed by atoms with Gasteiger partial charge in [-0.2, -0.15) is 0 Å². The molecule has 1 heterocycles. The van der Waals surface area contributed by atoms with E-state index in [0.717, 1.165) is 6.04 Å². The molecule has 2 heteroatoms. The van der Waals surface area contributed by atoms with Crippen molar-refractivity contribution in [3.63, 3.8) is 0 Å². The number of likely N-dealkylation sites (tertiary alicyclic amines) is 1. The number of rotatable bonds is 5. The predicted molar refractivity (Wildman–Crippen MR) is 74.0 cm³/mol. The lowest BCUT2D eigenvalue weighted by Crippen LogP contribution is -2.39. The second kappa shape index (κ2) is 10.1. The fourth-order valence-electron chi connectivity index (χ4n) is 2.16. The molecule has 1 fully saturated rings. The smallest absolute Gasteiger partial charge is 0.00669 e. The largest absolute Gasteiger partial charge is 0.314 e. The maximum Gasteiger partial charge on any atom is 0.00669 e. The highest BCUT2D eigenvalue weighted by atomic mass is 15.2. The van der Waals surface area contributed by atoms with Crippen LogP contribution in [0.25, 0.3) is 0 Å². The fourth-order valence-corrected chi connectivity index (χ4v) is 2.16. The first-order valence-electron chi connectivity index (χ1n) is 7.17. The topological polar surface area (TPSA) is 15.3 Å². The van der Waals surface area contributed by atoms with Gasteiger partial charge in [0.15, 0.2) is 0 Å². The van der Waals surface area contributed by atoms with Gasteiger partial charge in [-0.1, -0.05) is 34.1 Å². The Kier molecular flexibility index (Phi) is 10.0. The molecule has 16 heavy (non-hydrogen) atoms. The lowest BCUT2D eigenvalue weighted by Gasteiger charge is -2.33. The summed E-state index contributed by atoms with van der Waals surface area (Å²) in [6.45, 7) is 14.6. The Balaban J connectivity index is 0.00000106. The van der Waals surface area contributed by atoms with Crippen LogP contribution >= 0.6 is 0 Å². The SMILES string of the molecule is CC.CC(C)NCCCN1CCCCC1C. The predicted octanol–water partition coefficient (Wildman–Crippen LogP) is 3.28. The number of nitrogens with zero attached hydrogens (tertiary/aromatic N) is 1. The van der Waals surface area contributed by atoms with Crippen molar-refractivity contribution in [2.75, 3.05) is 19.6 Å². The van der Waals surface area contributed by atoms with E-state index in [1.807, 2.05) is 13.8 Å². The third-order valence-corrected chi connectivity index (χ3v) is 3.12. The van der Waals surface area contributed by atoms with Crippen LogP contribution in [0.15, 0.2) is 0 Å². The van der Waals surface area contributed by atoms with E-state index < -0.39 is 0 Å². The number of hydrogen-bond acceptors (Lipinski definition) is 2. The molecule has 0 aromatic rings. The van der Waals surface area contributed by atoms with Crippen LogP contribution in [0.3, 0.4) is 0 Å². The van der Waals surface area contributed by atoms with Gasteiger partial charge in [-0.25, -0.2) is 0 Å². The van der Waals surface area contributed by atoms with Gasteiger partial charge in [0.25, 0.3) is 0 Å². The summed E-state index contributed by atoms with van der Waals surface area (Å²) < 4.78 is 0. The first-order chi connectivity index (χ1) is 7.70. The first-order valence-corrected chi connectivity index (χ1v) is 7.17. The Hall–Kier alpha value is -0.0800. The molecule has 2 nitrogen and oxygen atoms in total. The highest BCUT2D eigenvalue weighted by Crippen LogP contribution is 2.15. The third kappa shape index (κ3) is 7.24. The molecule has 98 valence electrons. The molecule has 0 saturated carbocycles. The van der Waals surface area contributed by atoms with Crippen LogP contribution in [0.1, 0.15) is 60.3 Å². The molecule has 1 rings (SSSR count). The van der Waals surface area contributed by atoms with Crippen LogP contribution in [0.5, 0.6) is 0 Å².